The molecule has 0 bridgehead atoms. The standard InChI is InChI=1S/C20H22N6O/c27-20-16-7-6-14(8-15(16)10-23-20)17-11-22-18(19-24-12-25-26(17)19)21-9-13-4-2-1-3-5-13/h6-8,11-13H,1-5,9-10H2,(H,21,22)(H,23,27). The van der Waals surface area contributed by atoms with Gasteiger partial charge in [0, 0.05) is 24.2 Å². The lowest BCUT2D eigenvalue weighted by Gasteiger charge is -2.22. The summed E-state index contributed by atoms with van der Waals surface area (Å²) >= 11 is 0. The molecule has 1 amide bonds. The number of fused-ring (bicyclic) bond motifs is 2. The van der Waals surface area contributed by atoms with Crippen molar-refractivity contribution < 1.29 is 4.79 Å². The molecule has 3 heterocycles. The van der Waals surface area contributed by atoms with E-state index < -0.39 is 0 Å². The predicted octanol–water partition coefficient (Wildman–Crippen LogP) is 3.03. The quantitative estimate of drug-likeness (QED) is 0.745. The van der Waals surface area contributed by atoms with Gasteiger partial charge in [0.1, 0.15) is 6.33 Å². The van der Waals surface area contributed by atoms with Crippen molar-refractivity contribution in [1.29, 1.82) is 0 Å². The SMILES string of the molecule is O=C1NCc2cc(-c3cnc(NCC4CCCCC4)c4ncnn34)ccc21. The summed E-state index contributed by atoms with van der Waals surface area (Å²) in [6.45, 7) is 1.50. The number of benzene rings is 1. The molecule has 3 aromatic rings. The summed E-state index contributed by atoms with van der Waals surface area (Å²) in [4.78, 5) is 20.8. The third kappa shape index (κ3) is 2.93. The normalized spacial score (nSPS) is 17.1. The first-order valence-corrected chi connectivity index (χ1v) is 9.64. The highest BCUT2D eigenvalue weighted by molar-refractivity contribution is 5.98. The van der Waals surface area contributed by atoms with Crippen LogP contribution in [0.4, 0.5) is 5.82 Å². The summed E-state index contributed by atoms with van der Waals surface area (Å²) in [5.74, 6) is 1.48. The number of rotatable bonds is 4. The zero-order valence-electron chi connectivity index (χ0n) is 15.1. The fraction of sp³-hybridized carbons (Fsp3) is 0.400. The van der Waals surface area contributed by atoms with Crippen LogP contribution >= 0.6 is 0 Å². The van der Waals surface area contributed by atoms with Crippen molar-refractivity contribution in [3.63, 3.8) is 0 Å². The molecule has 7 nitrogen and oxygen atoms in total. The first-order chi connectivity index (χ1) is 13.3. The molecule has 2 N–H and O–H groups in total. The Morgan fingerprint density at radius 3 is 2.96 bits per heavy atom. The first kappa shape index (κ1) is 16.2. The Balaban J connectivity index is 1.45. The first-order valence-electron chi connectivity index (χ1n) is 9.64. The molecule has 1 aromatic carbocycles. The van der Waals surface area contributed by atoms with Gasteiger partial charge in [-0.1, -0.05) is 25.3 Å². The molecule has 138 valence electrons. The van der Waals surface area contributed by atoms with E-state index in [1.54, 1.807) is 6.33 Å². The Morgan fingerprint density at radius 1 is 1.19 bits per heavy atom. The summed E-state index contributed by atoms with van der Waals surface area (Å²) in [5.41, 5.74) is 4.33. The molecule has 2 aromatic heterocycles. The lowest BCUT2D eigenvalue weighted by atomic mass is 9.89. The summed E-state index contributed by atoms with van der Waals surface area (Å²) < 4.78 is 1.82. The van der Waals surface area contributed by atoms with E-state index in [-0.39, 0.29) is 5.91 Å². The highest BCUT2D eigenvalue weighted by atomic mass is 16.1. The zero-order valence-corrected chi connectivity index (χ0v) is 15.1. The highest BCUT2D eigenvalue weighted by Crippen LogP contribution is 2.27. The fourth-order valence-corrected chi connectivity index (χ4v) is 4.16. The number of hydrogen-bond acceptors (Lipinski definition) is 5. The van der Waals surface area contributed by atoms with Crippen LogP contribution in [0.25, 0.3) is 16.9 Å². The molecular weight excluding hydrogens is 340 g/mol. The average Bonchev–Trinajstić information content (AvgIpc) is 3.34. The van der Waals surface area contributed by atoms with Crippen LogP contribution in [-0.2, 0) is 6.54 Å². The molecule has 1 saturated carbocycles. The summed E-state index contributed by atoms with van der Waals surface area (Å²) in [6.07, 6.45) is 9.98. The Kier molecular flexibility index (Phi) is 3.99. The van der Waals surface area contributed by atoms with Crippen molar-refractivity contribution in [1.82, 2.24) is 24.9 Å². The maximum absolute atomic E-state index is 11.8. The van der Waals surface area contributed by atoms with E-state index in [0.717, 1.165) is 40.4 Å². The summed E-state index contributed by atoms with van der Waals surface area (Å²) in [7, 11) is 0. The lowest BCUT2D eigenvalue weighted by molar-refractivity contribution is 0.0966. The van der Waals surface area contributed by atoms with Gasteiger partial charge in [-0.2, -0.15) is 5.10 Å². The Bertz CT molecular complexity index is 1000. The van der Waals surface area contributed by atoms with Crippen molar-refractivity contribution in [2.75, 3.05) is 11.9 Å². The van der Waals surface area contributed by atoms with Crippen molar-refractivity contribution in [2.45, 2.75) is 38.6 Å². The summed E-state index contributed by atoms with van der Waals surface area (Å²) in [5, 5.41) is 10.7. The number of carbonyl (C=O) groups is 1. The number of nitrogens with zero attached hydrogens (tertiary/aromatic N) is 4. The molecule has 7 heteroatoms. The van der Waals surface area contributed by atoms with Gasteiger partial charge < -0.3 is 10.6 Å². The van der Waals surface area contributed by atoms with Crippen molar-refractivity contribution in [3.8, 4) is 11.3 Å². The maximum Gasteiger partial charge on any atom is 0.251 e. The molecule has 27 heavy (non-hydrogen) atoms. The van der Waals surface area contributed by atoms with Crippen LogP contribution in [0.5, 0.6) is 0 Å². The largest absolute Gasteiger partial charge is 0.367 e. The molecule has 2 aliphatic rings. The Hall–Kier alpha value is -2.96. The Morgan fingerprint density at radius 2 is 2.07 bits per heavy atom. The molecular formula is C20H22N6O. The zero-order chi connectivity index (χ0) is 18.2. The fourth-order valence-electron chi connectivity index (χ4n) is 4.16. The minimum atomic E-state index is -0.0113. The molecule has 5 rings (SSSR count). The Labute approximate surface area is 157 Å². The van der Waals surface area contributed by atoms with Gasteiger partial charge in [-0.3, -0.25) is 4.79 Å². The van der Waals surface area contributed by atoms with Crippen LogP contribution in [0, 0.1) is 5.92 Å². The topological polar surface area (TPSA) is 84.2 Å². The molecule has 1 fully saturated rings. The van der Waals surface area contributed by atoms with Crippen molar-refractivity contribution >= 4 is 17.4 Å². The molecule has 0 atom stereocenters. The van der Waals surface area contributed by atoms with Crippen molar-refractivity contribution in [3.05, 3.63) is 41.9 Å². The minimum absolute atomic E-state index is 0.0113. The number of nitrogens with one attached hydrogen (secondary N) is 2. The van der Waals surface area contributed by atoms with Crippen LogP contribution in [0.15, 0.2) is 30.7 Å². The van der Waals surface area contributed by atoms with E-state index in [9.17, 15) is 4.79 Å². The van der Waals surface area contributed by atoms with Crippen molar-refractivity contribution in [2.24, 2.45) is 5.92 Å². The minimum Gasteiger partial charge on any atom is -0.367 e. The maximum atomic E-state index is 11.8. The third-order valence-electron chi connectivity index (χ3n) is 5.67. The molecule has 0 spiro atoms. The number of anilines is 1. The highest BCUT2D eigenvalue weighted by Gasteiger charge is 2.20. The van der Waals surface area contributed by atoms with Gasteiger partial charge in [0.05, 0.1) is 11.9 Å². The second kappa shape index (κ2) is 6.64. The van der Waals surface area contributed by atoms with Gasteiger partial charge in [0.25, 0.3) is 5.91 Å². The van der Waals surface area contributed by atoms with E-state index in [4.69, 9.17) is 0 Å². The van der Waals surface area contributed by atoms with Gasteiger partial charge in [-0.05, 0) is 36.5 Å². The van der Waals surface area contributed by atoms with Gasteiger partial charge >= 0.3 is 0 Å². The molecule has 0 saturated heterocycles. The van der Waals surface area contributed by atoms with E-state index >= 15 is 0 Å². The number of amides is 1. The lowest BCUT2D eigenvalue weighted by Crippen LogP contribution is -2.18. The molecule has 1 aliphatic heterocycles. The number of aromatic nitrogens is 4. The second-order valence-electron chi connectivity index (χ2n) is 7.43. The van der Waals surface area contributed by atoms with E-state index in [0.29, 0.717) is 12.5 Å². The van der Waals surface area contributed by atoms with Crippen LogP contribution in [0.2, 0.25) is 0 Å². The van der Waals surface area contributed by atoms with Crippen LogP contribution in [-0.4, -0.2) is 32.0 Å². The van der Waals surface area contributed by atoms with Gasteiger partial charge in [-0.25, -0.2) is 14.5 Å². The van der Waals surface area contributed by atoms with Gasteiger partial charge in [0.2, 0.25) is 0 Å². The smallest absolute Gasteiger partial charge is 0.251 e. The van der Waals surface area contributed by atoms with Crippen LogP contribution in [0.1, 0.15) is 48.0 Å². The van der Waals surface area contributed by atoms with E-state index in [2.05, 4.69) is 25.7 Å². The van der Waals surface area contributed by atoms with Gasteiger partial charge in [-0.15, -0.1) is 0 Å². The molecule has 0 unspecified atom stereocenters. The monoisotopic (exact) mass is 362 g/mol. The number of carbonyl (C=O) groups excluding carboxylic acids is 1. The third-order valence-corrected chi connectivity index (χ3v) is 5.67. The molecule has 1 aliphatic carbocycles. The van der Waals surface area contributed by atoms with Crippen LogP contribution in [0.3, 0.4) is 0 Å². The molecule has 0 radical (unpaired) electrons. The number of hydrogen-bond donors (Lipinski definition) is 2. The summed E-state index contributed by atoms with van der Waals surface area (Å²) in [6, 6.07) is 5.84. The average molecular weight is 362 g/mol. The van der Waals surface area contributed by atoms with Crippen LogP contribution < -0.4 is 10.6 Å². The van der Waals surface area contributed by atoms with E-state index in [1.807, 2.05) is 28.9 Å². The van der Waals surface area contributed by atoms with E-state index in [1.165, 1.54) is 32.1 Å². The predicted molar refractivity (Wildman–Crippen MR) is 102 cm³/mol. The van der Waals surface area contributed by atoms with Gasteiger partial charge in [0.15, 0.2) is 11.5 Å². The second-order valence-corrected chi connectivity index (χ2v) is 7.43.